The van der Waals surface area contributed by atoms with Crippen LogP contribution in [0.5, 0.6) is 0 Å². The number of hydrogen-bond acceptors (Lipinski definition) is 6. The lowest BCUT2D eigenvalue weighted by Crippen LogP contribution is -2.09. The summed E-state index contributed by atoms with van der Waals surface area (Å²) < 4.78 is 8.94. The van der Waals surface area contributed by atoms with Crippen LogP contribution >= 0.6 is 0 Å². The minimum atomic E-state index is -0.904. The van der Waals surface area contributed by atoms with Crippen LogP contribution in [0.3, 0.4) is 0 Å². The third-order valence-corrected chi connectivity index (χ3v) is 1.07. The van der Waals surface area contributed by atoms with Crippen LogP contribution in [0.25, 0.3) is 0 Å². The molecule has 88 valence electrons. The van der Waals surface area contributed by atoms with E-state index in [1.165, 1.54) is 0 Å². The van der Waals surface area contributed by atoms with Gasteiger partial charge in [0.2, 0.25) is 0 Å². The maximum Gasteiger partial charge on any atom is 0.336 e. The summed E-state index contributed by atoms with van der Waals surface area (Å²) in [7, 11) is 0. The van der Waals surface area contributed by atoms with E-state index in [0.717, 1.165) is 12.2 Å². The van der Waals surface area contributed by atoms with Gasteiger partial charge < -0.3 is 9.47 Å². The maximum atomic E-state index is 10.9. The van der Waals surface area contributed by atoms with Crippen molar-refractivity contribution in [1.82, 2.24) is 0 Å². The van der Waals surface area contributed by atoms with Crippen molar-refractivity contribution >= 4 is 11.9 Å². The molecule has 0 aliphatic carbocycles. The molecule has 0 saturated heterocycles. The molecular weight excluding hydrogens is 218 g/mol. The van der Waals surface area contributed by atoms with Crippen LogP contribution in [-0.4, -0.2) is 23.0 Å². The van der Waals surface area contributed by atoms with E-state index in [1.807, 2.05) is 0 Å². The van der Waals surface area contributed by atoms with Crippen molar-refractivity contribution in [2.45, 2.75) is 20.0 Å². The molecule has 0 aromatic carbocycles. The van der Waals surface area contributed by atoms with Crippen LogP contribution in [0.4, 0.5) is 0 Å². The van der Waals surface area contributed by atoms with Crippen molar-refractivity contribution in [2.24, 2.45) is 0 Å². The monoisotopic (exact) mass is 229 g/mol. The van der Waals surface area contributed by atoms with E-state index in [1.54, 1.807) is 13.8 Å². The summed E-state index contributed by atoms with van der Waals surface area (Å²) in [4.78, 5) is 30.7. The molecule has 0 bridgehead atoms. The third kappa shape index (κ3) is 8.42. The Morgan fingerprint density at radius 3 is 2.31 bits per heavy atom. The molecule has 16 heavy (non-hydrogen) atoms. The average molecular weight is 229 g/mol. The van der Waals surface area contributed by atoms with Gasteiger partial charge in [0.15, 0.2) is 6.26 Å². The predicted molar refractivity (Wildman–Crippen MR) is 52.6 cm³/mol. The van der Waals surface area contributed by atoms with Gasteiger partial charge in [-0.3, -0.25) is 10.1 Å². The predicted octanol–water partition coefficient (Wildman–Crippen LogP) is 0.785. The van der Waals surface area contributed by atoms with Crippen LogP contribution < -0.4 is 0 Å². The summed E-state index contributed by atoms with van der Waals surface area (Å²) in [5.41, 5.74) is 0. The molecule has 0 radical (unpaired) electrons. The van der Waals surface area contributed by atoms with Gasteiger partial charge in [-0.25, -0.2) is 9.59 Å². The van der Waals surface area contributed by atoms with E-state index >= 15 is 0 Å². The molecule has 0 aromatic rings. The topological polar surface area (TPSA) is 95.7 Å². The Bertz CT molecular complexity index is 331. The first kappa shape index (κ1) is 13.8. The number of ether oxygens (including phenoxy) is 2. The van der Waals surface area contributed by atoms with Crippen molar-refractivity contribution in [1.29, 1.82) is 0 Å². The number of esters is 2. The van der Waals surface area contributed by atoms with E-state index in [0.29, 0.717) is 12.5 Å². The van der Waals surface area contributed by atoms with E-state index in [9.17, 15) is 19.7 Å². The molecule has 0 aromatic heterocycles. The van der Waals surface area contributed by atoms with Gasteiger partial charge in [0, 0.05) is 12.2 Å². The average Bonchev–Trinajstić information content (AvgIpc) is 2.13. The van der Waals surface area contributed by atoms with Gasteiger partial charge in [-0.1, -0.05) is 0 Å². The van der Waals surface area contributed by atoms with E-state index in [4.69, 9.17) is 0 Å². The summed E-state index contributed by atoms with van der Waals surface area (Å²) in [5, 5.41) is 9.80. The fourth-order valence-electron chi connectivity index (χ4n) is 0.594. The Morgan fingerprint density at radius 1 is 1.25 bits per heavy atom. The number of rotatable bonds is 5. The molecule has 0 fully saturated rings. The van der Waals surface area contributed by atoms with Crippen molar-refractivity contribution in [3.8, 4) is 0 Å². The van der Waals surface area contributed by atoms with Gasteiger partial charge >= 0.3 is 11.9 Å². The van der Waals surface area contributed by atoms with E-state index in [-0.39, 0.29) is 6.10 Å². The lowest BCUT2D eigenvalue weighted by Gasteiger charge is -2.03. The molecule has 0 saturated carbocycles. The molecule has 0 N–H and O–H groups in total. The normalized spacial score (nSPS) is 10.9. The van der Waals surface area contributed by atoms with Crippen LogP contribution in [0, 0.1) is 10.1 Å². The molecule has 0 rings (SSSR count). The summed E-state index contributed by atoms with van der Waals surface area (Å²) in [6, 6.07) is 0. The molecule has 7 heteroatoms. The molecule has 0 unspecified atom stereocenters. The lowest BCUT2D eigenvalue weighted by molar-refractivity contribution is -0.403. The number of carbonyl (C=O) groups excluding carboxylic acids is 2. The zero-order valence-corrected chi connectivity index (χ0v) is 8.78. The molecule has 0 aliphatic rings. The highest BCUT2D eigenvalue weighted by Crippen LogP contribution is 1.91. The van der Waals surface area contributed by atoms with Gasteiger partial charge in [0.1, 0.15) is 0 Å². The van der Waals surface area contributed by atoms with Crippen LogP contribution in [0.2, 0.25) is 0 Å². The Balaban J connectivity index is 4.00. The van der Waals surface area contributed by atoms with Crippen LogP contribution in [0.1, 0.15) is 13.8 Å². The second kappa shape index (κ2) is 7.16. The Morgan fingerprint density at radius 2 is 1.81 bits per heavy atom. The number of carbonyl (C=O) groups is 2. The highest BCUT2D eigenvalue weighted by molar-refractivity contribution is 5.91. The van der Waals surface area contributed by atoms with Gasteiger partial charge in [-0.2, -0.15) is 0 Å². The Kier molecular flexibility index (Phi) is 6.18. The van der Waals surface area contributed by atoms with Crippen LogP contribution in [-0.2, 0) is 19.1 Å². The summed E-state index contributed by atoms with van der Waals surface area (Å²) in [6.45, 7) is 3.31. The van der Waals surface area contributed by atoms with E-state index < -0.39 is 16.9 Å². The Labute approximate surface area is 91.5 Å². The minimum Gasteiger partial charge on any atom is -0.460 e. The fraction of sp³-hybridized carbons (Fsp3) is 0.333. The molecule has 0 spiro atoms. The highest BCUT2D eigenvalue weighted by atomic mass is 16.6. The summed E-state index contributed by atoms with van der Waals surface area (Å²) in [6.07, 6.45) is 2.47. The minimum absolute atomic E-state index is 0.289. The fourth-order valence-corrected chi connectivity index (χ4v) is 0.594. The number of nitro groups is 1. The van der Waals surface area contributed by atoms with Gasteiger partial charge in [0.05, 0.1) is 11.0 Å². The molecule has 0 atom stereocenters. The molecule has 0 aliphatic heterocycles. The maximum absolute atomic E-state index is 10.9. The smallest absolute Gasteiger partial charge is 0.336 e. The highest BCUT2D eigenvalue weighted by Gasteiger charge is 2.02. The number of hydrogen-bond donors (Lipinski definition) is 0. The van der Waals surface area contributed by atoms with Gasteiger partial charge in [-0.15, -0.1) is 0 Å². The van der Waals surface area contributed by atoms with E-state index in [2.05, 4.69) is 9.47 Å². The molecule has 7 nitrogen and oxygen atoms in total. The lowest BCUT2D eigenvalue weighted by atomic mass is 10.4. The summed E-state index contributed by atoms with van der Waals surface area (Å²) in [5.74, 6) is -1.59. The SMILES string of the molecule is CC(C)OC(=O)/C=C/C(=O)O/C=C/[N+](=O)[O-]. The zero-order valence-electron chi connectivity index (χ0n) is 8.78. The second-order valence-corrected chi connectivity index (χ2v) is 2.83. The first-order chi connectivity index (χ1) is 7.41. The molecular formula is C9H11NO6. The number of nitrogens with zero attached hydrogens (tertiary/aromatic N) is 1. The van der Waals surface area contributed by atoms with Crippen molar-refractivity contribution in [2.75, 3.05) is 0 Å². The summed E-state index contributed by atoms with van der Waals surface area (Å²) >= 11 is 0. The van der Waals surface area contributed by atoms with Crippen molar-refractivity contribution in [3.63, 3.8) is 0 Å². The zero-order chi connectivity index (χ0) is 12.6. The third-order valence-electron chi connectivity index (χ3n) is 1.07. The van der Waals surface area contributed by atoms with Crippen LogP contribution in [0.15, 0.2) is 24.6 Å². The molecule has 0 amide bonds. The first-order valence-corrected chi connectivity index (χ1v) is 4.31. The molecule has 0 heterocycles. The largest absolute Gasteiger partial charge is 0.460 e. The van der Waals surface area contributed by atoms with Crippen molar-refractivity contribution < 1.29 is 24.0 Å². The Hall–Kier alpha value is -2.18. The van der Waals surface area contributed by atoms with Crippen molar-refractivity contribution in [3.05, 3.63) is 34.7 Å². The second-order valence-electron chi connectivity index (χ2n) is 2.83. The van der Waals surface area contributed by atoms with Gasteiger partial charge in [-0.05, 0) is 13.8 Å². The quantitative estimate of drug-likeness (QED) is 0.227. The standard InChI is InChI=1S/C9H11NO6/c1-7(2)16-9(12)4-3-8(11)15-6-5-10(13)14/h3-7H,1-2H3/b4-3+,6-5+. The van der Waals surface area contributed by atoms with Gasteiger partial charge in [0.25, 0.3) is 6.20 Å². The first-order valence-electron chi connectivity index (χ1n) is 4.31.